The predicted molar refractivity (Wildman–Crippen MR) is 120 cm³/mol. The molecule has 4 heteroatoms. The van der Waals surface area contributed by atoms with Gasteiger partial charge in [0, 0.05) is 0 Å². The summed E-state index contributed by atoms with van der Waals surface area (Å²) < 4.78 is 5.51. The first-order valence-electron chi connectivity index (χ1n) is 9.58. The van der Waals surface area contributed by atoms with E-state index in [1.54, 1.807) is 18.2 Å². The van der Waals surface area contributed by atoms with Crippen molar-refractivity contribution >= 4 is 17.6 Å². The number of carbonyl (C=O) groups is 1. The minimum atomic E-state index is -0.902. The number of para-hydroxylation sites is 1. The first kappa shape index (κ1) is 25.7. The first-order valence-corrected chi connectivity index (χ1v) is 9.96. The van der Waals surface area contributed by atoms with Gasteiger partial charge in [-0.05, 0) is 58.4 Å². The zero-order valence-electron chi connectivity index (χ0n) is 17.7. The zero-order valence-corrected chi connectivity index (χ0v) is 18.4. The molecule has 0 atom stereocenters. The van der Waals surface area contributed by atoms with E-state index < -0.39 is 5.97 Å². The molecule has 28 heavy (non-hydrogen) atoms. The smallest absolute Gasteiger partial charge is 0.335 e. The summed E-state index contributed by atoms with van der Waals surface area (Å²) in [7, 11) is 0. The number of hydrogen-bond acceptors (Lipinski definition) is 2. The van der Waals surface area contributed by atoms with Crippen molar-refractivity contribution in [3.63, 3.8) is 0 Å². The highest BCUT2D eigenvalue weighted by Gasteiger charge is 2.01. The maximum Gasteiger partial charge on any atom is 0.335 e. The normalized spacial score (nSPS) is 11.6. The Morgan fingerprint density at radius 1 is 1.14 bits per heavy atom. The molecular formula is C24H33ClO3. The van der Waals surface area contributed by atoms with Gasteiger partial charge in [0.1, 0.15) is 5.75 Å². The molecular weight excluding hydrogens is 372 g/mol. The lowest BCUT2D eigenvalue weighted by atomic mass is 10.1. The number of carboxylic acid groups (broad SMARTS) is 1. The SMILES string of the molecule is CCCCCOc1ccccc1Cl.C\C=C/C(C)=C/C=C(\C=C(C)C)C(=O)O. The van der Waals surface area contributed by atoms with E-state index in [2.05, 4.69) is 6.92 Å². The molecule has 0 aliphatic heterocycles. The Balaban J connectivity index is 0.000000525. The van der Waals surface area contributed by atoms with Gasteiger partial charge in [-0.2, -0.15) is 0 Å². The van der Waals surface area contributed by atoms with Crippen LogP contribution in [0.4, 0.5) is 0 Å². The van der Waals surface area contributed by atoms with E-state index in [1.165, 1.54) is 12.8 Å². The van der Waals surface area contributed by atoms with Gasteiger partial charge in [0.05, 0.1) is 17.2 Å². The third-order valence-corrected chi connectivity index (χ3v) is 3.80. The Bertz CT molecular complexity index is 708. The topological polar surface area (TPSA) is 46.5 Å². The molecule has 0 aliphatic carbocycles. The quantitative estimate of drug-likeness (QED) is 0.265. The number of halogens is 1. The summed E-state index contributed by atoms with van der Waals surface area (Å²) in [5.74, 6) is -0.110. The van der Waals surface area contributed by atoms with E-state index >= 15 is 0 Å². The Labute approximate surface area is 175 Å². The Kier molecular flexibility index (Phi) is 14.5. The Hall–Kier alpha value is -2.26. The van der Waals surface area contributed by atoms with Crippen LogP contribution in [0.25, 0.3) is 0 Å². The van der Waals surface area contributed by atoms with Crippen LogP contribution in [0.15, 0.2) is 71.4 Å². The largest absolute Gasteiger partial charge is 0.492 e. The van der Waals surface area contributed by atoms with E-state index in [0.29, 0.717) is 10.6 Å². The van der Waals surface area contributed by atoms with Gasteiger partial charge >= 0.3 is 5.97 Å². The number of aliphatic carboxylic acids is 1. The van der Waals surface area contributed by atoms with Crippen molar-refractivity contribution in [1.82, 2.24) is 0 Å². The first-order chi connectivity index (χ1) is 13.3. The highest BCUT2D eigenvalue weighted by atomic mass is 35.5. The number of unbranched alkanes of at least 4 members (excludes halogenated alkanes) is 2. The fourth-order valence-corrected chi connectivity index (χ4v) is 2.32. The summed E-state index contributed by atoms with van der Waals surface area (Å²) >= 11 is 5.91. The van der Waals surface area contributed by atoms with E-state index in [0.717, 1.165) is 29.9 Å². The van der Waals surface area contributed by atoms with Gasteiger partial charge in [0.15, 0.2) is 0 Å². The van der Waals surface area contributed by atoms with Crippen molar-refractivity contribution in [1.29, 1.82) is 0 Å². The molecule has 0 fully saturated rings. The summed E-state index contributed by atoms with van der Waals surface area (Å²) in [6.07, 6.45) is 12.4. The van der Waals surface area contributed by atoms with Crippen LogP contribution in [-0.4, -0.2) is 17.7 Å². The third kappa shape index (κ3) is 13.0. The van der Waals surface area contributed by atoms with Crippen LogP contribution in [-0.2, 0) is 4.79 Å². The van der Waals surface area contributed by atoms with Crippen molar-refractivity contribution < 1.29 is 14.6 Å². The second-order valence-electron chi connectivity index (χ2n) is 6.55. The van der Waals surface area contributed by atoms with Crippen LogP contribution in [0, 0.1) is 0 Å². The average molecular weight is 405 g/mol. The molecule has 1 N–H and O–H groups in total. The lowest BCUT2D eigenvalue weighted by Crippen LogP contribution is -1.97. The van der Waals surface area contributed by atoms with Crippen molar-refractivity contribution in [3.05, 3.63) is 76.4 Å². The number of ether oxygens (including phenoxy) is 1. The zero-order chi connectivity index (χ0) is 21.4. The van der Waals surface area contributed by atoms with Crippen molar-refractivity contribution in [2.24, 2.45) is 0 Å². The molecule has 0 aliphatic rings. The molecule has 0 unspecified atom stereocenters. The van der Waals surface area contributed by atoms with Crippen LogP contribution in [0.2, 0.25) is 5.02 Å². The van der Waals surface area contributed by atoms with E-state index in [1.807, 2.05) is 64.1 Å². The second-order valence-corrected chi connectivity index (χ2v) is 6.95. The summed E-state index contributed by atoms with van der Waals surface area (Å²) in [5, 5.41) is 9.60. The molecule has 0 saturated heterocycles. The van der Waals surface area contributed by atoms with Crippen LogP contribution in [0.5, 0.6) is 5.75 Å². The third-order valence-electron chi connectivity index (χ3n) is 3.49. The minimum Gasteiger partial charge on any atom is -0.492 e. The lowest BCUT2D eigenvalue weighted by Gasteiger charge is -2.06. The summed E-state index contributed by atoms with van der Waals surface area (Å²) in [5.41, 5.74) is 2.30. The average Bonchev–Trinajstić information content (AvgIpc) is 2.64. The van der Waals surface area contributed by atoms with E-state index in [4.69, 9.17) is 21.4 Å². The molecule has 0 aromatic heterocycles. The maximum atomic E-state index is 10.8. The lowest BCUT2D eigenvalue weighted by molar-refractivity contribution is -0.132. The fraction of sp³-hybridized carbons (Fsp3) is 0.375. The second kappa shape index (κ2) is 15.8. The van der Waals surface area contributed by atoms with Gasteiger partial charge in [0.25, 0.3) is 0 Å². The summed E-state index contributed by atoms with van der Waals surface area (Å²) in [6, 6.07) is 7.58. The molecule has 0 spiro atoms. The van der Waals surface area contributed by atoms with Gasteiger partial charge in [0.2, 0.25) is 0 Å². The number of rotatable bonds is 9. The Morgan fingerprint density at radius 3 is 2.36 bits per heavy atom. The number of benzene rings is 1. The molecule has 1 aromatic carbocycles. The highest BCUT2D eigenvalue weighted by molar-refractivity contribution is 6.32. The molecule has 0 saturated carbocycles. The molecule has 0 radical (unpaired) electrons. The standard InChI is InChI=1S/C13H18O2.C11H15ClO/c1-5-6-11(4)7-8-12(13(14)15)9-10(2)3;1-2-3-6-9-13-11-8-5-4-7-10(11)12/h5-9H,1-4H3,(H,14,15);4-5,7-8H,2-3,6,9H2,1H3/b6-5-,11-7+,12-8+;. The molecule has 0 heterocycles. The fourth-order valence-electron chi connectivity index (χ4n) is 2.13. The van der Waals surface area contributed by atoms with Crippen molar-refractivity contribution in [2.75, 3.05) is 6.61 Å². The van der Waals surface area contributed by atoms with Gasteiger partial charge in [-0.1, -0.05) is 72.9 Å². The van der Waals surface area contributed by atoms with Crippen molar-refractivity contribution in [3.8, 4) is 5.75 Å². The van der Waals surface area contributed by atoms with E-state index in [9.17, 15) is 4.79 Å². The highest BCUT2D eigenvalue weighted by Crippen LogP contribution is 2.23. The van der Waals surface area contributed by atoms with E-state index in [-0.39, 0.29) is 0 Å². The molecule has 3 nitrogen and oxygen atoms in total. The molecule has 0 amide bonds. The Morgan fingerprint density at radius 2 is 1.82 bits per heavy atom. The van der Waals surface area contributed by atoms with Gasteiger partial charge in [-0.15, -0.1) is 0 Å². The monoisotopic (exact) mass is 404 g/mol. The van der Waals surface area contributed by atoms with Crippen molar-refractivity contribution in [2.45, 2.75) is 53.9 Å². The number of allylic oxidation sites excluding steroid dienone is 6. The number of hydrogen-bond donors (Lipinski definition) is 1. The molecule has 1 rings (SSSR count). The minimum absolute atomic E-state index is 0.304. The van der Waals surface area contributed by atoms with Gasteiger partial charge < -0.3 is 9.84 Å². The number of carboxylic acids is 1. The van der Waals surface area contributed by atoms with Crippen LogP contribution < -0.4 is 4.74 Å². The molecule has 154 valence electrons. The summed E-state index contributed by atoms with van der Waals surface area (Å²) in [6.45, 7) is 10.5. The maximum absolute atomic E-state index is 10.8. The summed E-state index contributed by atoms with van der Waals surface area (Å²) in [4.78, 5) is 10.8. The van der Waals surface area contributed by atoms with Gasteiger partial charge in [-0.25, -0.2) is 4.79 Å². The predicted octanol–water partition coefficient (Wildman–Crippen LogP) is 7.40. The molecule has 1 aromatic rings. The van der Waals surface area contributed by atoms with Crippen LogP contribution in [0.3, 0.4) is 0 Å². The molecule has 0 bridgehead atoms. The van der Waals surface area contributed by atoms with Crippen LogP contribution >= 0.6 is 11.6 Å². The van der Waals surface area contributed by atoms with Gasteiger partial charge in [-0.3, -0.25) is 0 Å². The van der Waals surface area contributed by atoms with Crippen LogP contribution in [0.1, 0.15) is 53.9 Å².